The average Bonchev–Trinajstić information content (AvgIpc) is 0.760. The molecule has 0 bridgehead atoms. The summed E-state index contributed by atoms with van der Waals surface area (Å²) in [6.45, 7) is 0. The zero-order chi connectivity index (χ0) is 72.4. The van der Waals surface area contributed by atoms with Crippen LogP contribution in [0.2, 0.25) is 0 Å². The summed E-state index contributed by atoms with van der Waals surface area (Å²) in [6.07, 6.45) is 0. The van der Waals surface area contributed by atoms with E-state index in [0.717, 1.165) is 45.5 Å². The lowest BCUT2D eigenvalue weighted by Gasteiger charge is -2.12. The maximum Gasteiger partial charge on any atom is 0.0629 e. The van der Waals surface area contributed by atoms with Crippen molar-refractivity contribution in [1.29, 1.82) is 0 Å². The molecule has 0 aliphatic carbocycles. The summed E-state index contributed by atoms with van der Waals surface area (Å²) < 4.78 is 96.4. The maximum absolute atomic E-state index is 8.40. The van der Waals surface area contributed by atoms with Crippen LogP contribution in [0.1, 0.15) is 16.4 Å². The SMILES string of the molecule is [2H]c1c([2H])c([2H])c(-c2ccc(Nc3ccccc3)cc2)c([2H])c1[2H].[2H]c1c([2H])c([2H])c2c(-c3ccc(Nc4ccccc4)cc3)c([2H])c([2H])c([2H])c2c1[2H].c1ccc(-c2ccc(Nc3ccc(-c4ccccc4)cc3)cc2)cc1.c1ccc(Nc2ccc3c4ccccc4c4ccccc4c3c2)cc1. The third-order valence-corrected chi connectivity index (χ3v) is 15.4. The van der Waals surface area contributed by atoms with Crippen molar-refractivity contribution in [2.75, 3.05) is 21.3 Å². The summed E-state index contributed by atoms with van der Waals surface area (Å²) in [5.41, 5.74) is 14.4. The quantitative estimate of drug-likeness (QED) is 0.0921. The molecule has 0 unspecified atom stereocenters. The molecule has 16 aromatic rings. The van der Waals surface area contributed by atoms with Crippen molar-refractivity contribution in [2.24, 2.45) is 0 Å². The summed E-state index contributed by atoms with van der Waals surface area (Å²) in [7, 11) is 0. The van der Waals surface area contributed by atoms with E-state index in [9.17, 15) is 0 Å². The van der Waals surface area contributed by atoms with Crippen molar-refractivity contribution in [3.8, 4) is 44.5 Å². The first kappa shape index (κ1) is 46.0. The van der Waals surface area contributed by atoms with Crippen LogP contribution in [-0.4, -0.2) is 0 Å². The van der Waals surface area contributed by atoms with Gasteiger partial charge in [-0.1, -0.05) is 291 Å². The Bertz CT molecular complexity index is 5550. The van der Waals surface area contributed by atoms with E-state index in [4.69, 9.17) is 16.4 Å². The molecular weight excluding hydrogens is 1110 g/mol. The lowest BCUT2D eigenvalue weighted by molar-refractivity contribution is 1.53. The average molecular weight is 1190 g/mol. The number of anilines is 8. The van der Waals surface area contributed by atoms with E-state index in [1.54, 1.807) is 36.4 Å². The van der Waals surface area contributed by atoms with Crippen molar-refractivity contribution in [3.63, 3.8) is 0 Å². The first-order chi connectivity index (χ1) is 50.6. The number of hydrogen-bond acceptors (Lipinski definition) is 4. The lowest BCUT2D eigenvalue weighted by Crippen LogP contribution is -1.90. The molecule has 0 saturated heterocycles. The van der Waals surface area contributed by atoms with E-state index in [-0.39, 0.29) is 82.3 Å². The largest absolute Gasteiger partial charge is 0.356 e. The first-order valence-corrected chi connectivity index (χ1v) is 30.2. The number of nitrogens with one attached hydrogen (secondary N) is 4. The molecule has 0 heterocycles. The van der Waals surface area contributed by atoms with Crippen LogP contribution in [0.4, 0.5) is 45.5 Å². The Kier molecular flexibility index (Phi) is 14.6. The van der Waals surface area contributed by atoms with E-state index in [2.05, 4.69) is 197 Å². The fraction of sp³-hybridized carbons (Fsp3) is 0. The molecule has 4 heteroatoms. The molecule has 16 rings (SSSR count). The summed E-state index contributed by atoms with van der Waals surface area (Å²) in [4.78, 5) is 0. The summed E-state index contributed by atoms with van der Waals surface area (Å²) >= 11 is 0. The highest BCUT2D eigenvalue weighted by Crippen LogP contribution is 2.37. The van der Waals surface area contributed by atoms with E-state index in [0.29, 0.717) is 11.1 Å². The molecule has 0 atom stereocenters. The Hall–Kier alpha value is -12.2. The minimum Gasteiger partial charge on any atom is -0.356 e. The fourth-order valence-corrected chi connectivity index (χ4v) is 10.8. The fourth-order valence-electron chi connectivity index (χ4n) is 10.8. The van der Waals surface area contributed by atoms with Crippen molar-refractivity contribution >= 4 is 88.6 Å². The molecule has 0 amide bonds. The highest BCUT2D eigenvalue weighted by molar-refractivity contribution is 6.25. The van der Waals surface area contributed by atoms with Gasteiger partial charge in [0, 0.05) is 45.5 Å². The van der Waals surface area contributed by atoms with Gasteiger partial charge in [-0.15, -0.1) is 0 Å². The minimum absolute atomic E-state index is 0.0384. The molecule has 92 heavy (non-hydrogen) atoms. The van der Waals surface area contributed by atoms with Gasteiger partial charge >= 0.3 is 0 Å². The van der Waals surface area contributed by atoms with Gasteiger partial charge in [-0.25, -0.2) is 0 Å². The van der Waals surface area contributed by atoms with Crippen LogP contribution < -0.4 is 21.3 Å². The molecule has 440 valence electrons. The van der Waals surface area contributed by atoms with Gasteiger partial charge in [-0.05, 0) is 185 Å². The standard InChI is InChI=1S/C24H17N.C24H19N.C22H17N.C18H15N/c1-2-8-17(9-3-1)25-18-14-15-23-21-12-5-4-10-19(21)20-11-6-7-13-22(20)24(23)16-18;1-3-7-19(8-4-1)21-11-15-23(16-12-21)25-24-17-13-22(14-18-24)20-9-5-2-6-10-20;1-2-9-19(10-3-1)23-20-15-13-18(14-16-20)22-12-6-8-17-7-4-5-11-21(17)22;1-3-7-15(8-4-1)16-11-13-18(14-12-16)19-17-9-5-2-6-10-17/h1-16,25H;1-18,25H;1-16,23H;1-14,19H/i;;4D,5D,6D,7D,8D,11D,12D;1D,3D,4D,7D,8D. The predicted octanol–water partition coefficient (Wildman–Crippen LogP) is 25.0. The van der Waals surface area contributed by atoms with Crippen molar-refractivity contribution in [2.45, 2.75) is 0 Å². The Morgan fingerprint density at radius 3 is 0.902 bits per heavy atom. The molecule has 0 aliphatic rings. The van der Waals surface area contributed by atoms with Crippen LogP contribution in [0.5, 0.6) is 0 Å². The van der Waals surface area contributed by atoms with Gasteiger partial charge in [0.25, 0.3) is 0 Å². The molecule has 0 saturated carbocycles. The Morgan fingerprint density at radius 1 is 0.174 bits per heavy atom. The van der Waals surface area contributed by atoms with Crippen LogP contribution >= 0.6 is 0 Å². The smallest absolute Gasteiger partial charge is 0.0629 e. The van der Waals surface area contributed by atoms with Crippen LogP contribution in [0, 0.1) is 0 Å². The molecule has 0 fully saturated rings. The molecule has 16 aromatic carbocycles. The summed E-state index contributed by atoms with van der Waals surface area (Å²) in [5, 5.41) is 21.3. The second-order valence-corrected chi connectivity index (χ2v) is 21.5. The van der Waals surface area contributed by atoms with Crippen LogP contribution in [-0.2, 0) is 0 Å². The highest BCUT2D eigenvalue weighted by Gasteiger charge is 2.10. The second-order valence-electron chi connectivity index (χ2n) is 21.5. The maximum atomic E-state index is 8.40. The van der Waals surface area contributed by atoms with Crippen LogP contribution in [0.25, 0.3) is 87.6 Å². The molecule has 4 nitrogen and oxygen atoms in total. The number of benzene rings is 16. The molecular formula is C88H68N4. The topological polar surface area (TPSA) is 48.1 Å². The molecule has 0 aliphatic heterocycles. The summed E-state index contributed by atoms with van der Waals surface area (Å²) in [6, 6.07) is 102. The lowest BCUT2D eigenvalue weighted by atomic mass is 9.94. The Morgan fingerprint density at radius 2 is 0.467 bits per heavy atom. The van der Waals surface area contributed by atoms with Crippen molar-refractivity contribution in [3.05, 3.63) is 388 Å². The van der Waals surface area contributed by atoms with E-state index >= 15 is 0 Å². The molecule has 4 N–H and O–H groups in total. The monoisotopic (exact) mass is 1190 g/mol. The predicted molar refractivity (Wildman–Crippen MR) is 396 cm³/mol. The van der Waals surface area contributed by atoms with Gasteiger partial charge in [0.05, 0.1) is 16.4 Å². The van der Waals surface area contributed by atoms with E-state index in [1.165, 1.54) is 54.6 Å². The number of fused-ring (bicyclic) bond motifs is 7. The minimum atomic E-state index is -0.452. The Balaban J connectivity index is 0.000000124. The van der Waals surface area contributed by atoms with Gasteiger partial charge in [0.15, 0.2) is 0 Å². The Labute approximate surface area is 556 Å². The second kappa shape index (κ2) is 29.2. The first-order valence-electron chi connectivity index (χ1n) is 36.2. The van der Waals surface area contributed by atoms with Crippen molar-refractivity contribution < 1.29 is 16.4 Å². The zero-order valence-electron chi connectivity index (χ0n) is 62.0. The molecule has 0 radical (unpaired) electrons. The number of hydrogen-bond donors (Lipinski definition) is 4. The van der Waals surface area contributed by atoms with Gasteiger partial charge < -0.3 is 21.3 Å². The number of para-hydroxylation sites is 3. The van der Waals surface area contributed by atoms with Gasteiger partial charge in [-0.3, -0.25) is 0 Å². The highest BCUT2D eigenvalue weighted by atomic mass is 14.9. The number of rotatable bonds is 12. The van der Waals surface area contributed by atoms with Gasteiger partial charge in [0.1, 0.15) is 0 Å². The summed E-state index contributed by atoms with van der Waals surface area (Å²) in [5.74, 6) is 0. The zero-order valence-corrected chi connectivity index (χ0v) is 50.0. The normalized spacial score (nSPS) is 12.4. The third-order valence-electron chi connectivity index (χ3n) is 15.4. The van der Waals surface area contributed by atoms with Crippen LogP contribution in [0.15, 0.2) is 388 Å². The molecule has 0 spiro atoms. The van der Waals surface area contributed by atoms with Gasteiger partial charge in [0.2, 0.25) is 0 Å². The van der Waals surface area contributed by atoms with E-state index in [1.807, 2.05) is 103 Å². The van der Waals surface area contributed by atoms with Crippen molar-refractivity contribution in [1.82, 2.24) is 0 Å². The third kappa shape index (κ3) is 14.8. The van der Waals surface area contributed by atoms with Crippen LogP contribution in [0.3, 0.4) is 0 Å². The van der Waals surface area contributed by atoms with Gasteiger partial charge in [-0.2, -0.15) is 0 Å². The molecule has 0 aromatic heterocycles. The van der Waals surface area contributed by atoms with E-state index < -0.39 is 12.1 Å².